The summed E-state index contributed by atoms with van der Waals surface area (Å²) >= 11 is 0. The molecule has 1 aliphatic carbocycles. The standard InChI is InChI=1S/C13H16O2.C6H12/c1-10(14)8-13(11(2)15)9-12-6-4-3-5-7-12;1-2-4-6-5-3-1/h3-7,13H,8-9H2,1-2H3;1-6H2. The molecule has 1 aromatic rings. The Labute approximate surface area is 128 Å². The number of hydrogen-bond acceptors (Lipinski definition) is 2. The van der Waals surface area contributed by atoms with Crippen LogP contribution in [0, 0.1) is 5.92 Å². The van der Waals surface area contributed by atoms with E-state index in [0.717, 1.165) is 5.56 Å². The monoisotopic (exact) mass is 288 g/mol. The first-order valence-electron chi connectivity index (χ1n) is 8.13. The molecule has 116 valence electrons. The zero-order valence-corrected chi connectivity index (χ0v) is 13.4. The van der Waals surface area contributed by atoms with Crippen LogP contribution in [0.3, 0.4) is 0 Å². The van der Waals surface area contributed by atoms with Gasteiger partial charge in [0.25, 0.3) is 0 Å². The maximum absolute atomic E-state index is 11.3. The van der Waals surface area contributed by atoms with Gasteiger partial charge in [0.1, 0.15) is 11.6 Å². The summed E-state index contributed by atoms with van der Waals surface area (Å²) in [6.45, 7) is 3.08. The second-order valence-corrected chi connectivity index (χ2v) is 6.02. The molecular weight excluding hydrogens is 260 g/mol. The molecule has 1 saturated carbocycles. The highest BCUT2D eigenvalue weighted by atomic mass is 16.1. The Morgan fingerprint density at radius 1 is 0.905 bits per heavy atom. The van der Waals surface area contributed by atoms with Crippen LogP contribution in [0.2, 0.25) is 0 Å². The van der Waals surface area contributed by atoms with Crippen molar-refractivity contribution in [2.75, 3.05) is 0 Å². The molecule has 0 spiro atoms. The van der Waals surface area contributed by atoms with Gasteiger partial charge in [0.2, 0.25) is 0 Å². The molecule has 2 rings (SSSR count). The van der Waals surface area contributed by atoms with Crippen molar-refractivity contribution in [1.29, 1.82) is 0 Å². The summed E-state index contributed by atoms with van der Waals surface area (Å²) < 4.78 is 0. The van der Waals surface area contributed by atoms with Crippen LogP contribution in [0.5, 0.6) is 0 Å². The zero-order chi connectivity index (χ0) is 15.5. The quantitative estimate of drug-likeness (QED) is 0.783. The second kappa shape index (κ2) is 10.3. The summed E-state index contributed by atoms with van der Waals surface area (Å²) in [5.41, 5.74) is 1.11. The molecule has 21 heavy (non-hydrogen) atoms. The first kappa shape index (κ1) is 17.6. The van der Waals surface area contributed by atoms with Crippen molar-refractivity contribution in [2.24, 2.45) is 5.92 Å². The number of rotatable bonds is 5. The van der Waals surface area contributed by atoms with Crippen LogP contribution in [0.15, 0.2) is 30.3 Å². The van der Waals surface area contributed by atoms with Crippen LogP contribution >= 0.6 is 0 Å². The molecule has 1 aliphatic rings. The van der Waals surface area contributed by atoms with Crippen LogP contribution in [0.4, 0.5) is 0 Å². The number of carbonyl (C=O) groups excluding carboxylic acids is 2. The normalized spacial score (nSPS) is 15.5. The number of ketones is 2. The highest BCUT2D eigenvalue weighted by Gasteiger charge is 2.16. The fraction of sp³-hybridized carbons (Fsp3) is 0.579. The number of benzene rings is 1. The Hall–Kier alpha value is -1.44. The Bertz CT molecular complexity index is 407. The molecule has 0 radical (unpaired) electrons. The van der Waals surface area contributed by atoms with E-state index in [9.17, 15) is 9.59 Å². The molecular formula is C19H28O2. The van der Waals surface area contributed by atoms with E-state index in [4.69, 9.17) is 0 Å². The molecule has 0 saturated heterocycles. The van der Waals surface area contributed by atoms with Gasteiger partial charge in [0.15, 0.2) is 0 Å². The maximum atomic E-state index is 11.3. The van der Waals surface area contributed by atoms with Crippen molar-refractivity contribution >= 4 is 11.6 Å². The average molecular weight is 288 g/mol. The molecule has 0 amide bonds. The van der Waals surface area contributed by atoms with E-state index in [1.165, 1.54) is 45.4 Å². The van der Waals surface area contributed by atoms with E-state index in [1.807, 2.05) is 30.3 Å². The van der Waals surface area contributed by atoms with E-state index in [0.29, 0.717) is 12.8 Å². The minimum atomic E-state index is -0.162. The van der Waals surface area contributed by atoms with Gasteiger partial charge in [-0.1, -0.05) is 68.9 Å². The van der Waals surface area contributed by atoms with Gasteiger partial charge in [0, 0.05) is 12.3 Å². The van der Waals surface area contributed by atoms with E-state index >= 15 is 0 Å². The Morgan fingerprint density at radius 2 is 1.38 bits per heavy atom. The SMILES string of the molecule is C1CCCCC1.CC(=O)CC(Cc1ccccc1)C(C)=O. The van der Waals surface area contributed by atoms with Crippen molar-refractivity contribution in [2.45, 2.75) is 65.2 Å². The van der Waals surface area contributed by atoms with Crippen molar-refractivity contribution in [3.8, 4) is 0 Å². The van der Waals surface area contributed by atoms with E-state index < -0.39 is 0 Å². The first-order chi connectivity index (χ1) is 10.1. The second-order valence-electron chi connectivity index (χ2n) is 6.02. The predicted molar refractivity (Wildman–Crippen MR) is 87.3 cm³/mol. The van der Waals surface area contributed by atoms with E-state index in [1.54, 1.807) is 6.92 Å². The molecule has 0 aromatic heterocycles. The van der Waals surface area contributed by atoms with Gasteiger partial charge in [-0.05, 0) is 25.8 Å². The van der Waals surface area contributed by atoms with Gasteiger partial charge in [-0.25, -0.2) is 0 Å². The molecule has 0 heterocycles. The lowest BCUT2D eigenvalue weighted by molar-refractivity contribution is -0.125. The van der Waals surface area contributed by atoms with Crippen LogP contribution in [0.25, 0.3) is 0 Å². The van der Waals surface area contributed by atoms with E-state index in [2.05, 4.69) is 0 Å². The summed E-state index contributed by atoms with van der Waals surface area (Å²) in [6.07, 6.45) is 10.0. The Balaban J connectivity index is 0.000000304. The van der Waals surface area contributed by atoms with Gasteiger partial charge in [-0.2, -0.15) is 0 Å². The third-order valence-corrected chi connectivity index (χ3v) is 3.93. The number of hydrogen-bond donors (Lipinski definition) is 0. The highest BCUT2D eigenvalue weighted by molar-refractivity contribution is 5.85. The van der Waals surface area contributed by atoms with Crippen LogP contribution in [-0.2, 0) is 16.0 Å². The smallest absolute Gasteiger partial charge is 0.133 e. The van der Waals surface area contributed by atoms with Crippen molar-refractivity contribution < 1.29 is 9.59 Å². The third kappa shape index (κ3) is 8.44. The Kier molecular flexibility index (Phi) is 8.65. The van der Waals surface area contributed by atoms with Gasteiger partial charge < -0.3 is 4.79 Å². The summed E-state index contributed by atoms with van der Waals surface area (Å²) in [5.74, 6) is 0.00471. The molecule has 2 nitrogen and oxygen atoms in total. The molecule has 0 bridgehead atoms. The Morgan fingerprint density at radius 3 is 1.76 bits per heavy atom. The molecule has 1 fully saturated rings. The van der Waals surface area contributed by atoms with Crippen molar-refractivity contribution in [3.63, 3.8) is 0 Å². The maximum Gasteiger partial charge on any atom is 0.133 e. The molecule has 1 aromatic carbocycles. The van der Waals surface area contributed by atoms with Crippen LogP contribution in [0.1, 0.15) is 64.4 Å². The fourth-order valence-electron chi connectivity index (χ4n) is 2.67. The van der Waals surface area contributed by atoms with Gasteiger partial charge in [0.05, 0.1) is 0 Å². The molecule has 1 atom stereocenters. The summed E-state index contributed by atoms with van der Waals surface area (Å²) in [4.78, 5) is 22.3. The highest BCUT2D eigenvalue weighted by Crippen LogP contribution is 2.15. The molecule has 2 heteroatoms. The summed E-state index contributed by atoms with van der Waals surface area (Å²) in [7, 11) is 0. The third-order valence-electron chi connectivity index (χ3n) is 3.93. The minimum Gasteiger partial charge on any atom is -0.300 e. The van der Waals surface area contributed by atoms with Gasteiger partial charge in [-0.15, -0.1) is 0 Å². The van der Waals surface area contributed by atoms with Crippen molar-refractivity contribution in [1.82, 2.24) is 0 Å². The predicted octanol–water partition coefficient (Wildman–Crippen LogP) is 4.75. The summed E-state index contributed by atoms with van der Waals surface area (Å²) in [6, 6.07) is 9.80. The van der Waals surface area contributed by atoms with Crippen molar-refractivity contribution in [3.05, 3.63) is 35.9 Å². The zero-order valence-electron chi connectivity index (χ0n) is 13.4. The summed E-state index contributed by atoms with van der Waals surface area (Å²) in [5, 5.41) is 0. The topological polar surface area (TPSA) is 34.1 Å². The van der Waals surface area contributed by atoms with Gasteiger partial charge in [-0.3, -0.25) is 4.79 Å². The molecule has 0 aliphatic heterocycles. The van der Waals surface area contributed by atoms with Crippen LogP contribution < -0.4 is 0 Å². The lowest BCUT2D eigenvalue weighted by Gasteiger charge is -2.11. The largest absolute Gasteiger partial charge is 0.300 e. The average Bonchev–Trinajstić information content (AvgIpc) is 2.49. The minimum absolute atomic E-state index is 0.0751. The van der Waals surface area contributed by atoms with Gasteiger partial charge >= 0.3 is 0 Å². The lowest BCUT2D eigenvalue weighted by Crippen LogP contribution is -2.17. The fourth-order valence-corrected chi connectivity index (χ4v) is 2.67. The molecule has 1 unspecified atom stereocenters. The first-order valence-corrected chi connectivity index (χ1v) is 8.13. The molecule has 0 N–H and O–H groups in total. The van der Waals surface area contributed by atoms with Crippen LogP contribution in [-0.4, -0.2) is 11.6 Å². The lowest BCUT2D eigenvalue weighted by atomic mass is 9.91. The number of Topliss-reactive ketones (excluding diaryl/α,β-unsaturated/α-hetero) is 2. The van der Waals surface area contributed by atoms with E-state index in [-0.39, 0.29) is 17.5 Å². The number of carbonyl (C=O) groups is 2.